The summed E-state index contributed by atoms with van der Waals surface area (Å²) >= 11 is 0. The van der Waals surface area contributed by atoms with Gasteiger partial charge in [-0.3, -0.25) is 4.72 Å². The fraction of sp³-hybridized carbons (Fsp3) is 0.538. The number of nitrogens with one attached hydrogen (secondary N) is 2. The van der Waals surface area contributed by atoms with Gasteiger partial charge in [0.25, 0.3) is 0 Å². The maximum Gasteiger partial charge on any atom is 0.236 e. The van der Waals surface area contributed by atoms with E-state index in [0.29, 0.717) is 17.8 Å². The van der Waals surface area contributed by atoms with Crippen molar-refractivity contribution in [2.45, 2.75) is 39.0 Å². The summed E-state index contributed by atoms with van der Waals surface area (Å²) in [5, 5.41) is 2.51. The second kappa shape index (κ2) is 6.34. The third-order valence-electron chi connectivity index (χ3n) is 2.76. The number of halogens is 1. The molecular formula is C13H21FN2O2S. The quantitative estimate of drug-likeness (QED) is 0.844. The lowest BCUT2D eigenvalue weighted by Crippen LogP contribution is -2.37. The van der Waals surface area contributed by atoms with Crippen LogP contribution in [0.1, 0.15) is 26.3 Å². The van der Waals surface area contributed by atoms with Crippen molar-refractivity contribution in [3.05, 3.63) is 29.6 Å². The van der Waals surface area contributed by atoms with E-state index >= 15 is 0 Å². The Hall–Kier alpha value is -1.14. The van der Waals surface area contributed by atoms with Gasteiger partial charge in [0.1, 0.15) is 5.82 Å². The number of sulfonamides is 1. The first-order valence-corrected chi connectivity index (χ1v) is 7.78. The third-order valence-corrected chi connectivity index (χ3v) is 4.51. The van der Waals surface area contributed by atoms with Crippen LogP contribution in [-0.2, 0) is 10.0 Å². The average molecular weight is 288 g/mol. The highest BCUT2D eigenvalue weighted by Gasteiger charge is 2.20. The molecule has 1 unspecified atom stereocenters. The zero-order valence-corrected chi connectivity index (χ0v) is 12.5. The molecule has 6 heteroatoms. The molecule has 1 aromatic carbocycles. The molecule has 0 amide bonds. The highest BCUT2D eigenvalue weighted by molar-refractivity contribution is 7.93. The standard InChI is InChI=1S/C13H21FN2O2S/c1-9(2)15-8-11(4)19(17,18)16-12-5-6-13(14)10(3)7-12/h5-7,9,11,15-16H,8H2,1-4H3. The Labute approximate surface area is 114 Å². The Morgan fingerprint density at radius 1 is 1.26 bits per heavy atom. The van der Waals surface area contributed by atoms with E-state index in [-0.39, 0.29) is 11.9 Å². The van der Waals surface area contributed by atoms with Gasteiger partial charge in [0.15, 0.2) is 0 Å². The van der Waals surface area contributed by atoms with Crippen LogP contribution in [0.5, 0.6) is 0 Å². The van der Waals surface area contributed by atoms with Gasteiger partial charge in [-0.25, -0.2) is 12.8 Å². The van der Waals surface area contributed by atoms with Crippen LogP contribution in [0.4, 0.5) is 10.1 Å². The third kappa shape index (κ3) is 4.80. The lowest BCUT2D eigenvalue weighted by Gasteiger charge is -2.17. The molecule has 4 nitrogen and oxygen atoms in total. The number of hydrogen-bond donors (Lipinski definition) is 2. The smallest absolute Gasteiger partial charge is 0.236 e. The summed E-state index contributed by atoms with van der Waals surface area (Å²) in [6.07, 6.45) is 0. The van der Waals surface area contributed by atoms with Crippen molar-refractivity contribution in [3.63, 3.8) is 0 Å². The van der Waals surface area contributed by atoms with Crippen LogP contribution < -0.4 is 10.0 Å². The van der Waals surface area contributed by atoms with Crippen molar-refractivity contribution >= 4 is 15.7 Å². The molecule has 0 heterocycles. The molecule has 19 heavy (non-hydrogen) atoms. The number of aryl methyl sites for hydroxylation is 1. The highest BCUT2D eigenvalue weighted by Crippen LogP contribution is 2.16. The molecule has 0 bridgehead atoms. The topological polar surface area (TPSA) is 58.2 Å². The minimum Gasteiger partial charge on any atom is -0.313 e. The number of benzene rings is 1. The van der Waals surface area contributed by atoms with E-state index in [4.69, 9.17) is 0 Å². The largest absolute Gasteiger partial charge is 0.313 e. The Bertz CT molecular complexity index is 529. The number of hydrogen-bond acceptors (Lipinski definition) is 3. The molecule has 1 rings (SSSR count). The van der Waals surface area contributed by atoms with Crippen LogP contribution in [-0.4, -0.2) is 26.3 Å². The summed E-state index contributed by atoms with van der Waals surface area (Å²) < 4.78 is 39.7. The van der Waals surface area contributed by atoms with Gasteiger partial charge in [-0.2, -0.15) is 0 Å². The summed E-state index contributed by atoms with van der Waals surface area (Å²) in [6, 6.07) is 4.38. The van der Waals surface area contributed by atoms with Crippen LogP contribution in [0.3, 0.4) is 0 Å². The zero-order valence-electron chi connectivity index (χ0n) is 11.7. The molecule has 0 fully saturated rings. The summed E-state index contributed by atoms with van der Waals surface area (Å²) in [5.41, 5.74) is 0.795. The Kier molecular flexibility index (Phi) is 5.31. The fourth-order valence-corrected chi connectivity index (χ4v) is 2.46. The molecule has 2 N–H and O–H groups in total. The normalized spacial score (nSPS) is 13.6. The van der Waals surface area contributed by atoms with Crippen molar-refractivity contribution in [2.75, 3.05) is 11.3 Å². The predicted octanol–water partition coefficient (Wildman–Crippen LogP) is 2.26. The SMILES string of the molecule is Cc1cc(NS(=O)(=O)C(C)CNC(C)C)ccc1F. The second-order valence-corrected chi connectivity index (χ2v) is 7.08. The summed E-state index contributed by atoms with van der Waals surface area (Å²) in [7, 11) is -3.47. The van der Waals surface area contributed by atoms with Gasteiger partial charge in [-0.15, -0.1) is 0 Å². The average Bonchev–Trinajstić information content (AvgIpc) is 2.30. The van der Waals surface area contributed by atoms with Crippen LogP contribution in [0.25, 0.3) is 0 Å². The monoisotopic (exact) mass is 288 g/mol. The second-order valence-electron chi connectivity index (χ2n) is 4.98. The molecule has 108 valence electrons. The molecule has 1 aromatic rings. The van der Waals surface area contributed by atoms with Crippen molar-refractivity contribution in [1.82, 2.24) is 5.32 Å². The van der Waals surface area contributed by atoms with E-state index in [0.717, 1.165) is 0 Å². The molecule has 0 aromatic heterocycles. The van der Waals surface area contributed by atoms with Crippen LogP contribution in [0, 0.1) is 12.7 Å². The maximum atomic E-state index is 13.1. The van der Waals surface area contributed by atoms with E-state index < -0.39 is 15.3 Å². The first-order valence-electron chi connectivity index (χ1n) is 6.23. The van der Waals surface area contributed by atoms with Crippen molar-refractivity contribution in [1.29, 1.82) is 0 Å². The molecule has 0 radical (unpaired) electrons. The first kappa shape index (κ1) is 15.9. The molecule has 0 aliphatic carbocycles. The van der Waals surface area contributed by atoms with Gasteiger partial charge in [0.2, 0.25) is 10.0 Å². The fourth-order valence-electron chi connectivity index (χ4n) is 1.48. The van der Waals surface area contributed by atoms with Crippen LogP contribution >= 0.6 is 0 Å². The summed E-state index contributed by atoms with van der Waals surface area (Å²) in [6.45, 7) is 7.50. The first-order chi connectivity index (χ1) is 8.72. The van der Waals surface area contributed by atoms with Gasteiger partial charge in [0.05, 0.1) is 5.25 Å². The number of rotatable bonds is 6. The van der Waals surface area contributed by atoms with Gasteiger partial charge in [-0.05, 0) is 37.6 Å². The van der Waals surface area contributed by atoms with E-state index in [1.54, 1.807) is 13.8 Å². The van der Waals surface area contributed by atoms with Crippen molar-refractivity contribution < 1.29 is 12.8 Å². The summed E-state index contributed by atoms with van der Waals surface area (Å²) in [4.78, 5) is 0. The molecule has 1 atom stereocenters. The van der Waals surface area contributed by atoms with Crippen molar-refractivity contribution in [2.24, 2.45) is 0 Å². The van der Waals surface area contributed by atoms with E-state index in [9.17, 15) is 12.8 Å². The minimum absolute atomic E-state index is 0.228. The molecule has 0 saturated heterocycles. The van der Waals surface area contributed by atoms with Gasteiger partial charge < -0.3 is 5.32 Å². The van der Waals surface area contributed by atoms with E-state index in [2.05, 4.69) is 10.0 Å². The maximum absolute atomic E-state index is 13.1. The predicted molar refractivity (Wildman–Crippen MR) is 76.3 cm³/mol. The highest BCUT2D eigenvalue weighted by atomic mass is 32.2. The van der Waals surface area contributed by atoms with E-state index in [1.807, 2.05) is 13.8 Å². The van der Waals surface area contributed by atoms with Gasteiger partial charge >= 0.3 is 0 Å². The lowest BCUT2D eigenvalue weighted by molar-refractivity contribution is 0.553. The van der Waals surface area contributed by atoms with Crippen LogP contribution in [0.2, 0.25) is 0 Å². The number of anilines is 1. The van der Waals surface area contributed by atoms with Gasteiger partial charge in [0, 0.05) is 18.3 Å². The van der Waals surface area contributed by atoms with Crippen LogP contribution in [0.15, 0.2) is 18.2 Å². The minimum atomic E-state index is -3.47. The van der Waals surface area contributed by atoms with E-state index in [1.165, 1.54) is 18.2 Å². The van der Waals surface area contributed by atoms with Gasteiger partial charge in [-0.1, -0.05) is 13.8 Å². The molecule has 0 aliphatic heterocycles. The Morgan fingerprint density at radius 2 is 1.89 bits per heavy atom. The van der Waals surface area contributed by atoms with Crippen molar-refractivity contribution in [3.8, 4) is 0 Å². The zero-order chi connectivity index (χ0) is 14.6. The summed E-state index contributed by atoms with van der Waals surface area (Å²) in [5.74, 6) is -0.350. The Balaban J connectivity index is 2.75. The molecular weight excluding hydrogens is 267 g/mol. The lowest BCUT2D eigenvalue weighted by atomic mass is 10.2. The molecule has 0 aliphatic rings. The Morgan fingerprint density at radius 3 is 2.42 bits per heavy atom. The molecule has 0 saturated carbocycles. The molecule has 0 spiro atoms.